The van der Waals surface area contributed by atoms with Crippen molar-refractivity contribution in [3.63, 3.8) is 0 Å². The molecule has 5 nitrogen and oxygen atoms in total. The fourth-order valence-corrected chi connectivity index (χ4v) is 0. The van der Waals surface area contributed by atoms with Crippen molar-refractivity contribution in [2.75, 3.05) is 0 Å². The van der Waals surface area contributed by atoms with Crippen molar-refractivity contribution in [1.82, 2.24) is 0 Å². The molecule has 0 aromatic rings. The van der Waals surface area contributed by atoms with Crippen molar-refractivity contribution in [2.45, 2.75) is 0 Å². The van der Waals surface area contributed by atoms with E-state index in [1.54, 1.807) is 0 Å². The molecule has 0 atom stereocenters. The summed E-state index contributed by atoms with van der Waals surface area (Å²) in [7, 11) is 0. The van der Waals surface area contributed by atoms with Gasteiger partial charge in [0.25, 0.3) is 0 Å². The number of hydrogen-bond acceptors (Lipinski definition) is 2. The summed E-state index contributed by atoms with van der Waals surface area (Å²) in [6.07, 6.45) is 0. The van der Waals surface area contributed by atoms with Crippen LogP contribution in [0.2, 0.25) is 0 Å². The quantitative estimate of drug-likeness (QED) is 0.315. The van der Waals surface area contributed by atoms with E-state index >= 15 is 0 Å². The van der Waals surface area contributed by atoms with Gasteiger partial charge in [-0.25, -0.2) is 0 Å². The van der Waals surface area contributed by atoms with Crippen molar-refractivity contribution in [1.29, 1.82) is 0 Å². The molecule has 0 amide bonds. The third-order valence-electron chi connectivity index (χ3n) is 0. The number of rotatable bonds is 0. The SMILES string of the molecule is O.O.O.[Ca+2].[OH-].[OH-]. The van der Waals surface area contributed by atoms with E-state index in [1.165, 1.54) is 0 Å². The summed E-state index contributed by atoms with van der Waals surface area (Å²) in [5.41, 5.74) is 0. The Balaban J connectivity index is 0. The summed E-state index contributed by atoms with van der Waals surface area (Å²) in [6.45, 7) is 0. The maximum absolute atomic E-state index is 0. The minimum absolute atomic E-state index is 0. The van der Waals surface area contributed by atoms with Crippen LogP contribution in [0.3, 0.4) is 0 Å². The standard InChI is InChI=1S/Ca.5H2O/h;5*1H2/q+2;;;;;/p-2. The van der Waals surface area contributed by atoms with Gasteiger partial charge in [0.2, 0.25) is 0 Å². The summed E-state index contributed by atoms with van der Waals surface area (Å²) in [4.78, 5) is 0. The first-order valence-electron chi connectivity index (χ1n) is 0. The van der Waals surface area contributed by atoms with E-state index in [-0.39, 0.29) is 65.1 Å². The van der Waals surface area contributed by atoms with Crippen LogP contribution in [0, 0.1) is 0 Å². The molecule has 0 saturated heterocycles. The zero-order chi connectivity index (χ0) is 0. The zero-order valence-corrected chi connectivity index (χ0v) is 5.31. The Bertz CT molecular complexity index is 3.90. The van der Waals surface area contributed by atoms with Crippen LogP contribution in [0.5, 0.6) is 0 Å². The van der Waals surface area contributed by atoms with Crippen molar-refractivity contribution in [2.24, 2.45) is 0 Å². The molecule has 0 heterocycles. The summed E-state index contributed by atoms with van der Waals surface area (Å²) in [6, 6.07) is 0. The molecule has 0 fully saturated rings. The van der Waals surface area contributed by atoms with Crippen LogP contribution in [0.15, 0.2) is 0 Å². The van der Waals surface area contributed by atoms with E-state index < -0.39 is 0 Å². The largest absolute Gasteiger partial charge is 2.00 e. The predicted molar refractivity (Wildman–Crippen MR) is 20.5 cm³/mol. The molecule has 0 saturated carbocycles. The molecule has 0 spiro atoms. The molecule has 0 aliphatic rings. The fourth-order valence-electron chi connectivity index (χ4n) is 0. The van der Waals surface area contributed by atoms with Crippen molar-refractivity contribution < 1.29 is 27.4 Å². The molecule has 6 heavy (non-hydrogen) atoms. The molecule has 0 aromatic carbocycles. The zero-order valence-electron chi connectivity index (χ0n) is 3.10. The van der Waals surface area contributed by atoms with Crippen molar-refractivity contribution in [3.8, 4) is 0 Å². The molecular formula is H8CaO5. The third-order valence-corrected chi connectivity index (χ3v) is 0. The molecule has 0 unspecified atom stereocenters. The first-order valence-corrected chi connectivity index (χ1v) is 0. The summed E-state index contributed by atoms with van der Waals surface area (Å²) >= 11 is 0. The smallest absolute Gasteiger partial charge is 0.870 e. The minimum atomic E-state index is 0. The van der Waals surface area contributed by atoms with Gasteiger partial charge in [-0.3, -0.25) is 0 Å². The maximum atomic E-state index is 0. The van der Waals surface area contributed by atoms with E-state index in [2.05, 4.69) is 0 Å². The van der Waals surface area contributed by atoms with E-state index in [0.717, 1.165) is 0 Å². The van der Waals surface area contributed by atoms with Gasteiger partial charge in [0.15, 0.2) is 0 Å². The minimum Gasteiger partial charge on any atom is -0.870 e. The Kier molecular flexibility index (Phi) is 5310. The van der Waals surface area contributed by atoms with Crippen LogP contribution in [0.4, 0.5) is 0 Å². The van der Waals surface area contributed by atoms with Gasteiger partial charge in [-0.2, -0.15) is 0 Å². The van der Waals surface area contributed by atoms with E-state index in [9.17, 15) is 0 Å². The second-order valence-corrected chi connectivity index (χ2v) is 0. The van der Waals surface area contributed by atoms with E-state index in [4.69, 9.17) is 0 Å². The van der Waals surface area contributed by atoms with Gasteiger partial charge in [0, 0.05) is 0 Å². The Morgan fingerprint density at radius 2 is 0.500 bits per heavy atom. The molecule has 0 bridgehead atoms. The Hall–Kier alpha value is 1.06. The normalized spacial score (nSPS) is 0. The second kappa shape index (κ2) is 138. The average Bonchev–Trinajstić information content (AvgIpc) is 0. The van der Waals surface area contributed by atoms with Crippen LogP contribution >= 0.6 is 0 Å². The molecule has 0 rings (SSSR count). The van der Waals surface area contributed by atoms with Gasteiger partial charge in [-0.05, 0) is 0 Å². The van der Waals surface area contributed by atoms with Gasteiger partial charge < -0.3 is 27.4 Å². The molecular weight excluding hydrogens is 120 g/mol. The van der Waals surface area contributed by atoms with Crippen LogP contribution in [-0.4, -0.2) is 65.1 Å². The predicted octanol–water partition coefficient (Wildman–Crippen LogP) is -3.21. The summed E-state index contributed by atoms with van der Waals surface area (Å²) in [5.74, 6) is 0. The van der Waals surface area contributed by atoms with Gasteiger partial charge in [0.1, 0.15) is 0 Å². The average molecular weight is 128 g/mol. The van der Waals surface area contributed by atoms with Crippen LogP contribution in [0.1, 0.15) is 0 Å². The first kappa shape index (κ1) is 231. The molecule has 0 aromatic heterocycles. The fraction of sp³-hybridized carbons (Fsp3) is 0. The van der Waals surface area contributed by atoms with E-state index in [0.29, 0.717) is 0 Å². The van der Waals surface area contributed by atoms with Crippen LogP contribution < -0.4 is 0 Å². The summed E-state index contributed by atoms with van der Waals surface area (Å²) < 4.78 is 0. The molecule has 40 valence electrons. The summed E-state index contributed by atoms with van der Waals surface area (Å²) in [5, 5.41) is 0. The Morgan fingerprint density at radius 3 is 0.500 bits per heavy atom. The molecule has 0 radical (unpaired) electrons. The first-order chi connectivity index (χ1) is 0. The second-order valence-electron chi connectivity index (χ2n) is 0. The van der Waals surface area contributed by atoms with Gasteiger partial charge >= 0.3 is 37.7 Å². The third kappa shape index (κ3) is 74.3. The van der Waals surface area contributed by atoms with Crippen molar-refractivity contribution in [3.05, 3.63) is 0 Å². The van der Waals surface area contributed by atoms with Crippen LogP contribution in [-0.2, 0) is 0 Å². The number of hydrogen-bond donors (Lipinski definition) is 0. The Labute approximate surface area is 64.9 Å². The topological polar surface area (TPSA) is 154 Å². The molecule has 0 aliphatic carbocycles. The monoisotopic (exact) mass is 128 g/mol. The van der Waals surface area contributed by atoms with Crippen LogP contribution in [0.25, 0.3) is 0 Å². The molecule has 6 heteroatoms. The Morgan fingerprint density at radius 1 is 0.500 bits per heavy atom. The molecule has 0 aliphatic heterocycles. The van der Waals surface area contributed by atoms with Gasteiger partial charge in [-0.15, -0.1) is 0 Å². The maximum Gasteiger partial charge on any atom is 2.00 e. The molecule has 8 N–H and O–H groups in total. The van der Waals surface area contributed by atoms with E-state index in [1.807, 2.05) is 0 Å². The van der Waals surface area contributed by atoms with Crippen molar-refractivity contribution >= 4 is 37.7 Å². The van der Waals surface area contributed by atoms with Gasteiger partial charge in [-0.1, -0.05) is 0 Å². The van der Waals surface area contributed by atoms with Gasteiger partial charge in [0.05, 0.1) is 0 Å².